The van der Waals surface area contributed by atoms with Gasteiger partial charge in [-0.1, -0.05) is 6.42 Å². The van der Waals surface area contributed by atoms with E-state index in [2.05, 4.69) is 10.4 Å². The van der Waals surface area contributed by atoms with Gasteiger partial charge < -0.3 is 5.32 Å². The molecular formula is C11H18N4O2S. The maximum atomic E-state index is 12.6. The second-order valence-corrected chi connectivity index (χ2v) is 6.73. The standard InChI is InChI=1S/C11H18N4O2S/c16-18(17,14-5-2-1-3-6-14)11-9-13-15-7-4-12-8-10(11)15/h9,12H,1-8H2. The number of piperidine rings is 1. The number of hydrogen-bond acceptors (Lipinski definition) is 4. The van der Waals surface area contributed by atoms with E-state index in [0.29, 0.717) is 24.5 Å². The Kier molecular flexibility index (Phi) is 3.13. The lowest BCUT2D eigenvalue weighted by Gasteiger charge is -2.26. The molecule has 1 aromatic heterocycles. The van der Waals surface area contributed by atoms with E-state index < -0.39 is 10.0 Å². The molecule has 0 atom stereocenters. The molecule has 0 unspecified atom stereocenters. The molecule has 100 valence electrons. The summed E-state index contributed by atoms with van der Waals surface area (Å²) < 4.78 is 28.5. The highest BCUT2D eigenvalue weighted by Gasteiger charge is 2.31. The van der Waals surface area contributed by atoms with Crippen LogP contribution in [0.3, 0.4) is 0 Å². The number of nitrogens with one attached hydrogen (secondary N) is 1. The molecule has 1 fully saturated rings. The van der Waals surface area contributed by atoms with Crippen LogP contribution in [0.1, 0.15) is 25.0 Å². The lowest BCUT2D eigenvalue weighted by Crippen LogP contribution is -2.37. The van der Waals surface area contributed by atoms with Gasteiger partial charge in [-0.3, -0.25) is 4.68 Å². The molecule has 3 rings (SSSR count). The molecule has 2 aliphatic heterocycles. The summed E-state index contributed by atoms with van der Waals surface area (Å²) in [5, 5.41) is 7.39. The van der Waals surface area contributed by atoms with Crippen LogP contribution in [0.25, 0.3) is 0 Å². The van der Waals surface area contributed by atoms with Crippen molar-refractivity contribution < 1.29 is 8.42 Å². The van der Waals surface area contributed by atoms with Gasteiger partial charge in [0.05, 0.1) is 18.4 Å². The van der Waals surface area contributed by atoms with Crippen molar-refractivity contribution in [2.75, 3.05) is 19.6 Å². The molecule has 1 aromatic rings. The largest absolute Gasteiger partial charge is 0.309 e. The first-order valence-corrected chi connectivity index (χ1v) is 7.89. The normalized spacial score (nSPS) is 21.8. The maximum Gasteiger partial charge on any atom is 0.246 e. The van der Waals surface area contributed by atoms with Crippen LogP contribution >= 0.6 is 0 Å². The number of rotatable bonds is 2. The van der Waals surface area contributed by atoms with Crippen LogP contribution in [0.4, 0.5) is 0 Å². The fourth-order valence-electron chi connectivity index (χ4n) is 2.62. The Balaban J connectivity index is 1.95. The lowest BCUT2D eigenvalue weighted by molar-refractivity contribution is 0.346. The molecule has 0 aromatic carbocycles. The zero-order valence-corrected chi connectivity index (χ0v) is 11.1. The molecule has 2 aliphatic rings. The number of aromatic nitrogens is 2. The van der Waals surface area contributed by atoms with Crippen LogP contribution in [-0.4, -0.2) is 42.1 Å². The summed E-state index contributed by atoms with van der Waals surface area (Å²) in [5.74, 6) is 0. The van der Waals surface area contributed by atoms with Crippen molar-refractivity contribution in [1.82, 2.24) is 19.4 Å². The number of fused-ring (bicyclic) bond motifs is 1. The molecular weight excluding hydrogens is 252 g/mol. The Morgan fingerprint density at radius 3 is 2.72 bits per heavy atom. The summed E-state index contributed by atoms with van der Waals surface area (Å²) in [4.78, 5) is 0.386. The monoisotopic (exact) mass is 270 g/mol. The molecule has 0 amide bonds. The summed E-state index contributed by atoms with van der Waals surface area (Å²) >= 11 is 0. The van der Waals surface area contributed by atoms with Crippen LogP contribution in [-0.2, 0) is 23.1 Å². The van der Waals surface area contributed by atoms with E-state index in [1.807, 2.05) is 0 Å². The van der Waals surface area contributed by atoms with Gasteiger partial charge in [-0.05, 0) is 12.8 Å². The second kappa shape index (κ2) is 4.64. The number of nitrogens with zero attached hydrogens (tertiary/aromatic N) is 3. The van der Waals surface area contributed by atoms with E-state index in [0.717, 1.165) is 38.0 Å². The highest BCUT2D eigenvalue weighted by molar-refractivity contribution is 7.89. The first-order chi connectivity index (χ1) is 8.69. The fraction of sp³-hybridized carbons (Fsp3) is 0.727. The average molecular weight is 270 g/mol. The van der Waals surface area contributed by atoms with Crippen molar-refractivity contribution in [1.29, 1.82) is 0 Å². The van der Waals surface area contributed by atoms with E-state index in [-0.39, 0.29) is 0 Å². The molecule has 1 saturated heterocycles. The minimum atomic E-state index is -3.35. The van der Waals surface area contributed by atoms with Crippen LogP contribution < -0.4 is 5.32 Å². The van der Waals surface area contributed by atoms with Gasteiger partial charge in [-0.15, -0.1) is 0 Å². The number of hydrogen-bond donors (Lipinski definition) is 1. The molecule has 18 heavy (non-hydrogen) atoms. The minimum absolute atomic E-state index is 0.386. The van der Waals surface area contributed by atoms with Gasteiger partial charge in [0.2, 0.25) is 10.0 Å². The summed E-state index contributed by atoms with van der Waals surface area (Å²) in [6, 6.07) is 0. The SMILES string of the molecule is O=S(=O)(c1cnn2c1CNCC2)N1CCCCC1. The van der Waals surface area contributed by atoms with Crippen molar-refractivity contribution in [3.63, 3.8) is 0 Å². The smallest absolute Gasteiger partial charge is 0.246 e. The first kappa shape index (κ1) is 12.1. The summed E-state index contributed by atoms with van der Waals surface area (Å²) in [6.07, 6.45) is 4.55. The van der Waals surface area contributed by atoms with Crippen molar-refractivity contribution in [3.8, 4) is 0 Å². The molecule has 7 heteroatoms. The van der Waals surface area contributed by atoms with Crippen molar-refractivity contribution in [2.24, 2.45) is 0 Å². The quantitative estimate of drug-likeness (QED) is 0.831. The zero-order valence-electron chi connectivity index (χ0n) is 10.3. The molecule has 1 N–H and O–H groups in total. The third-order valence-electron chi connectivity index (χ3n) is 3.64. The molecule has 0 spiro atoms. The van der Waals surface area contributed by atoms with Gasteiger partial charge >= 0.3 is 0 Å². The molecule has 0 saturated carbocycles. The van der Waals surface area contributed by atoms with Crippen LogP contribution in [0.15, 0.2) is 11.1 Å². The van der Waals surface area contributed by atoms with E-state index in [4.69, 9.17) is 0 Å². The van der Waals surface area contributed by atoms with Crippen molar-refractivity contribution in [3.05, 3.63) is 11.9 Å². The van der Waals surface area contributed by atoms with Gasteiger partial charge in [0, 0.05) is 26.2 Å². The molecule has 3 heterocycles. The summed E-state index contributed by atoms with van der Waals surface area (Å²) in [5.41, 5.74) is 0.798. The Bertz CT molecular complexity index is 531. The molecule has 0 radical (unpaired) electrons. The third kappa shape index (κ3) is 1.96. The van der Waals surface area contributed by atoms with Gasteiger partial charge in [0.15, 0.2) is 0 Å². The van der Waals surface area contributed by atoms with Crippen molar-refractivity contribution >= 4 is 10.0 Å². The summed E-state index contributed by atoms with van der Waals surface area (Å²) in [7, 11) is -3.35. The van der Waals surface area contributed by atoms with Gasteiger partial charge in [-0.25, -0.2) is 8.42 Å². The summed E-state index contributed by atoms with van der Waals surface area (Å²) in [6.45, 7) is 3.45. The predicted octanol–water partition coefficient (Wildman–Crippen LogP) is 0.161. The zero-order chi connectivity index (χ0) is 12.6. The lowest BCUT2D eigenvalue weighted by atomic mass is 10.2. The molecule has 0 aliphatic carbocycles. The van der Waals surface area contributed by atoms with Crippen molar-refractivity contribution in [2.45, 2.75) is 37.2 Å². The topological polar surface area (TPSA) is 67.2 Å². The van der Waals surface area contributed by atoms with E-state index in [9.17, 15) is 8.42 Å². The third-order valence-corrected chi connectivity index (χ3v) is 5.58. The Hall–Kier alpha value is -0.920. The van der Waals surface area contributed by atoms with Crippen LogP contribution in [0.5, 0.6) is 0 Å². The Morgan fingerprint density at radius 1 is 1.17 bits per heavy atom. The molecule has 0 bridgehead atoms. The van der Waals surface area contributed by atoms with E-state index in [1.165, 1.54) is 6.20 Å². The van der Waals surface area contributed by atoms with Crippen LogP contribution in [0.2, 0.25) is 0 Å². The second-order valence-electron chi connectivity index (χ2n) is 4.82. The average Bonchev–Trinajstić information content (AvgIpc) is 2.84. The highest BCUT2D eigenvalue weighted by atomic mass is 32.2. The van der Waals surface area contributed by atoms with E-state index in [1.54, 1.807) is 8.99 Å². The molecule has 6 nitrogen and oxygen atoms in total. The van der Waals surface area contributed by atoms with Gasteiger partial charge in [0.25, 0.3) is 0 Å². The van der Waals surface area contributed by atoms with Gasteiger partial charge in [-0.2, -0.15) is 9.40 Å². The Morgan fingerprint density at radius 2 is 1.94 bits per heavy atom. The number of sulfonamides is 1. The van der Waals surface area contributed by atoms with Gasteiger partial charge in [0.1, 0.15) is 4.90 Å². The van der Waals surface area contributed by atoms with Crippen LogP contribution in [0, 0.1) is 0 Å². The highest BCUT2D eigenvalue weighted by Crippen LogP contribution is 2.24. The predicted molar refractivity (Wildman–Crippen MR) is 66.5 cm³/mol. The Labute approximate surface area is 107 Å². The fourth-order valence-corrected chi connectivity index (χ4v) is 4.29. The first-order valence-electron chi connectivity index (χ1n) is 6.45. The maximum absolute atomic E-state index is 12.6. The van der Waals surface area contributed by atoms with E-state index >= 15 is 0 Å². The minimum Gasteiger partial charge on any atom is -0.309 e.